The molecule has 0 spiro atoms. The Morgan fingerprint density at radius 1 is 1.07 bits per heavy atom. The van der Waals surface area contributed by atoms with E-state index >= 15 is 0 Å². The van der Waals surface area contributed by atoms with Crippen LogP contribution in [-0.4, -0.2) is 72.9 Å². The van der Waals surface area contributed by atoms with Gasteiger partial charge in [0.15, 0.2) is 0 Å². The molecule has 0 bridgehead atoms. The van der Waals surface area contributed by atoms with E-state index in [0.29, 0.717) is 5.92 Å². The van der Waals surface area contributed by atoms with E-state index in [4.69, 9.17) is 5.73 Å². The second-order valence-electron chi connectivity index (χ2n) is 11.4. The molecule has 2 amide bonds. The third-order valence-corrected chi connectivity index (χ3v) is 7.94. The first-order valence-corrected chi connectivity index (χ1v) is 14.0. The van der Waals surface area contributed by atoms with E-state index in [1.807, 2.05) is 74.6 Å². The van der Waals surface area contributed by atoms with Crippen molar-refractivity contribution < 1.29 is 19.8 Å². The molecule has 2 aromatic carbocycles. The van der Waals surface area contributed by atoms with E-state index in [0.717, 1.165) is 35.2 Å². The first-order chi connectivity index (χ1) is 19.2. The van der Waals surface area contributed by atoms with E-state index in [2.05, 4.69) is 15.6 Å². The highest BCUT2D eigenvalue weighted by atomic mass is 16.3. The third-order valence-electron chi connectivity index (χ3n) is 7.94. The van der Waals surface area contributed by atoms with Gasteiger partial charge in [-0.1, -0.05) is 73.7 Å². The maximum absolute atomic E-state index is 13.5. The van der Waals surface area contributed by atoms with Gasteiger partial charge in [-0.15, -0.1) is 5.10 Å². The summed E-state index contributed by atoms with van der Waals surface area (Å²) in [4.78, 5) is 27.4. The number of nitrogens with two attached hydrogens (primary N) is 1. The molecule has 1 saturated carbocycles. The summed E-state index contributed by atoms with van der Waals surface area (Å²) in [7, 11) is 0. The summed E-state index contributed by atoms with van der Waals surface area (Å²) in [5.74, 6) is -0.713. The molecular weight excluding hydrogens is 508 g/mol. The van der Waals surface area contributed by atoms with Crippen molar-refractivity contribution in [3.8, 4) is 11.1 Å². The molecule has 2 heterocycles. The van der Waals surface area contributed by atoms with Crippen molar-refractivity contribution in [2.24, 2.45) is 11.7 Å². The van der Waals surface area contributed by atoms with Gasteiger partial charge in [-0.3, -0.25) is 14.5 Å². The summed E-state index contributed by atoms with van der Waals surface area (Å²) in [5.41, 5.74) is 9.58. The van der Waals surface area contributed by atoms with Crippen molar-refractivity contribution in [2.75, 3.05) is 6.54 Å². The number of hydrogen-bond donors (Lipinski definition) is 4. The van der Waals surface area contributed by atoms with E-state index < -0.39 is 42.3 Å². The molecule has 2 fully saturated rings. The SMILES string of the molecule is CC(C)[C@@H](C(O)N1C[C@H](O)C[C@H]1C(=O)N[C@H](Cc1ccc(-c2ccccc2)cc1)C(N)=O)n1cc(C2CC2)nn1. The van der Waals surface area contributed by atoms with Gasteiger partial charge in [-0.25, -0.2) is 4.68 Å². The van der Waals surface area contributed by atoms with Crippen LogP contribution >= 0.6 is 0 Å². The molecule has 10 nitrogen and oxygen atoms in total. The van der Waals surface area contributed by atoms with Crippen LogP contribution in [-0.2, 0) is 16.0 Å². The molecule has 1 saturated heterocycles. The molecule has 10 heteroatoms. The Kier molecular flexibility index (Phi) is 8.30. The van der Waals surface area contributed by atoms with Crippen LogP contribution in [0.3, 0.4) is 0 Å². The second kappa shape index (κ2) is 11.9. The quantitative estimate of drug-likeness (QED) is 0.288. The predicted molar refractivity (Wildman–Crippen MR) is 150 cm³/mol. The van der Waals surface area contributed by atoms with E-state index in [-0.39, 0.29) is 25.3 Å². The van der Waals surface area contributed by atoms with Gasteiger partial charge in [-0.2, -0.15) is 0 Å². The Morgan fingerprint density at radius 3 is 2.38 bits per heavy atom. The number of likely N-dealkylation sites (tertiary alicyclic amines) is 1. The number of aromatic nitrogens is 3. The first kappa shape index (κ1) is 27.9. The average molecular weight is 547 g/mol. The van der Waals surface area contributed by atoms with Gasteiger partial charge in [0.25, 0.3) is 0 Å². The third kappa shape index (κ3) is 6.24. The van der Waals surface area contributed by atoms with Gasteiger partial charge in [0, 0.05) is 25.1 Å². The number of aliphatic hydroxyl groups excluding tert-OH is 2. The van der Waals surface area contributed by atoms with E-state index in [1.165, 1.54) is 0 Å². The van der Waals surface area contributed by atoms with E-state index in [1.54, 1.807) is 9.58 Å². The number of benzene rings is 2. The number of amides is 2. The number of rotatable bonds is 11. The van der Waals surface area contributed by atoms with Crippen molar-refractivity contribution >= 4 is 11.8 Å². The van der Waals surface area contributed by atoms with Crippen LogP contribution in [0.5, 0.6) is 0 Å². The number of carbonyl (C=O) groups is 2. The van der Waals surface area contributed by atoms with Crippen LogP contribution in [0.4, 0.5) is 0 Å². The van der Waals surface area contributed by atoms with Crippen LogP contribution < -0.4 is 11.1 Å². The van der Waals surface area contributed by atoms with Crippen molar-refractivity contribution in [1.82, 2.24) is 25.2 Å². The zero-order valence-corrected chi connectivity index (χ0v) is 22.9. The van der Waals surface area contributed by atoms with Gasteiger partial charge in [0.2, 0.25) is 11.8 Å². The number of nitrogens with zero attached hydrogens (tertiary/aromatic N) is 4. The van der Waals surface area contributed by atoms with Crippen molar-refractivity contribution in [3.63, 3.8) is 0 Å². The predicted octanol–water partition coefficient (Wildman–Crippen LogP) is 1.99. The van der Waals surface area contributed by atoms with E-state index in [9.17, 15) is 19.8 Å². The summed E-state index contributed by atoms with van der Waals surface area (Å²) in [6.45, 7) is 4.06. The zero-order chi connectivity index (χ0) is 28.4. The highest BCUT2D eigenvalue weighted by Gasteiger charge is 2.44. The van der Waals surface area contributed by atoms with Gasteiger partial charge in [0.1, 0.15) is 12.3 Å². The van der Waals surface area contributed by atoms with Gasteiger partial charge in [-0.05, 0) is 41.9 Å². The molecule has 40 heavy (non-hydrogen) atoms. The molecule has 1 aromatic heterocycles. The van der Waals surface area contributed by atoms with Crippen molar-refractivity contribution in [2.45, 2.75) is 75.9 Å². The Labute approximate surface area is 234 Å². The number of carbonyl (C=O) groups excluding carboxylic acids is 2. The summed E-state index contributed by atoms with van der Waals surface area (Å²) < 4.78 is 1.67. The van der Waals surface area contributed by atoms with Gasteiger partial charge in [0.05, 0.1) is 23.9 Å². The summed E-state index contributed by atoms with van der Waals surface area (Å²) in [5, 5.41) is 33.3. The summed E-state index contributed by atoms with van der Waals surface area (Å²) >= 11 is 0. The standard InChI is InChI=1S/C30H38N6O4/c1-18(2)27(36-17-25(33-34-36)22-12-13-22)30(40)35-16-23(37)15-26(35)29(39)32-24(28(31)38)14-19-8-10-21(11-9-19)20-6-4-3-5-7-20/h3-11,17-18,22-24,26-27,30,37,40H,12-16H2,1-2H3,(H2,31,38)(H,32,39)/t23-,24-,26+,27+,30?/m1/s1. The molecule has 5 rings (SSSR count). The Bertz CT molecular complexity index is 1310. The fourth-order valence-corrected chi connectivity index (χ4v) is 5.56. The largest absolute Gasteiger partial charge is 0.392 e. The van der Waals surface area contributed by atoms with Crippen LogP contribution in [0.25, 0.3) is 11.1 Å². The minimum atomic E-state index is -1.10. The fourth-order valence-electron chi connectivity index (χ4n) is 5.56. The number of primary amides is 1. The van der Waals surface area contributed by atoms with Crippen LogP contribution in [0.15, 0.2) is 60.8 Å². The molecule has 3 aromatic rings. The molecule has 1 aliphatic heterocycles. The number of β-amino-alcohol motifs (C(OH)–C–C–N with tert-alkyl or cyclic N) is 1. The zero-order valence-electron chi connectivity index (χ0n) is 22.9. The maximum atomic E-state index is 13.5. The second-order valence-corrected chi connectivity index (χ2v) is 11.4. The Morgan fingerprint density at radius 2 is 1.75 bits per heavy atom. The summed E-state index contributed by atoms with van der Waals surface area (Å²) in [6, 6.07) is 15.5. The highest BCUT2D eigenvalue weighted by molar-refractivity contribution is 5.89. The Balaban J connectivity index is 1.28. The first-order valence-electron chi connectivity index (χ1n) is 14.0. The smallest absolute Gasteiger partial charge is 0.240 e. The topological polar surface area (TPSA) is 147 Å². The molecule has 1 unspecified atom stereocenters. The number of hydrogen-bond acceptors (Lipinski definition) is 7. The minimum Gasteiger partial charge on any atom is -0.392 e. The molecule has 0 radical (unpaired) electrons. The van der Waals surface area contributed by atoms with Gasteiger partial charge >= 0.3 is 0 Å². The van der Waals surface area contributed by atoms with Crippen molar-refractivity contribution in [1.29, 1.82) is 0 Å². The van der Waals surface area contributed by atoms with Crippen LogP contribution in [0.2, 0.25) is 0 Å². The molecule has 2 aliphatic rings. The lowest BCUT2D eigenvalue weighted by molar-refractivity contribution is -0.135. The van der Waals surface area contributed by atoms with Gasteiger partial charge < -0.3 is 21.3 Å². The monoisotopic (exact) mass is 546 g/mol. The molecule has 1 aliphatic carbocycles. The van der Waals surface area contributed by atoms with Crippen LogP contribution in [0.1, 0.15) is 56.3 Å². The Hall–Kier alpha value is -3.60. The normalized spacial score (nSPS) is 21.7. The number of aliphatic hydroxyl groups is 2. The lowest BCUT2D eigenvalue weighted by Gasteiger charge is -2.35. The lowest BCUT2D eigenvalue weighted by atomic mass is 9.99. The molecule has 5 atom stereocenters. The lowest BCUT2D eigenvalue weighted by Crippen LogP contribution is -2.55. The molecule has 212 valence electrons. The fraction of sp³-hybridized carbons (Fsp3) is 0.467. The molecular formula is C30H38N6O4. The average Bonchev–Trinajstić information content (AvgIpc) is 3.54. The minimum absolute atomic E-state index is 0.0255. The van der Waals surface area contributed by atoms with Crippen molar-refractivity contribution in [3.05, 3.63) is 72.1 Å². The van der Waals surface area contributed by atoms with Crippen LogP contribution in [0, 0.1) is 5.92 Å². The molecule has 5 N–H and O–H groups in total. The summed E-state index contributed by atoms with van der Waals surface area (Å²) in [6.07, 6.45) is 2.52. The highest BCUT2D eigenvalue weighted by Crippen LogP contribution is 2.39. The number of nitrogens with one attached hydrogen (secondary N) is 1. The maximum Gasteiger partial charge on any atom is 0.240 e.